The minimum Gasteiger partial charge on any atom is -0.452 e. The van der Waals surface area contributed by atoms with Crippen LogP contribution >= 0.6 is 11.6 Å². The van der Waals surface area contributed by atoms with E-state index in [4.69, 9.17) is 21.6 Å². The van der Waals surface area contributed by atoms with Crippen molar-refractivity contribution in [3.8, 4) is 6.07 Å². The van der Waals surface area contributed by atoms with Gasteiger partial charge in [-0.2, -0.15) is 5.26 Å². The van der Waals surface area contributed by atoms with E-state index in [1.165, 1.54) is 37.3 Å². The summed E-state index contributed by atoms with van der Waals surface area (Å²) in [5.41, 5.74) is 1.46. The summed E-state index contributed by atoms with van der Waals surface area (Å²) in [6.07, 6.45) is 0. The van der Waals surface area contributed by atoms with Crippen LogP contribution < -0.4 is 10.6 Å². The lowest BCUT2D eigenvalue weighted by molar-refractivity contribution is -0.119. The molecular weight excluding hydrogens is 358 g/mol. The van der Waals surface area contributed by atoms with Crippen molar-refractivity contribution < 1.29 is 19.1 Å². The second-order valence-electron chi connectivity index (χ2n) is 5.19. The molecule has 0 aromatic heterocycles. The molecule has 0 unspecified atom stereocenters. The number of hydrogen-bond acceptors (Lipinski definition) is 5. The first-order valence-electron chi connectivity index (χ1n) is 7.43. The number of nitrogens with one attached hydrogen (secondary N) is 2. The zero-order valence-electron chi connectivity index (χ0n) is 13.7. The van der Waals surface area contributed by atoms with Gasteiger partial charge in [-0.15, -0.1) is 0 Å². The van der Waals surface area contributed by atoms with E-state index in [1.807, 2.05) is 6.07 Å². The normalized spacial score (nSPS) is 9.73. The quantitative estimate of drug-likeness (QED) is 0.785. The number of anilines is 2. The predicted octanol–water partition coefficient (Wildman–Crippen LogP) is 2.97. The molecule has 2 N–H and O–H groups in total. The maximum atomic E-state index is 11.9. The number of ether oxygens (including phenoxy) is 1. The first-order valence-corrected chi connectivity index (χ1v) is 7.81. The molecule has 0 aliphatic carbocycles. The van der Waals surface area contributed by atoms with Gasteiger partial charge in [0.25, 0.3) is 5.91 Å². The first-order chi connectivity index (χ1) is 12.4. The molecule has 0 heterocycles. The smallest absolute Gasteiger partial charge is 0.338 e. The third-order valence-electron chi connectivity index (χ3n) is 3.15. The fourth-order valence-corrected chi connectivity index (χ4v) is 2.21. The van der Waals surface area contributed by atoms with Crippen LogP contribution in [0.15, 0.2) is 42.5 Å². The van der Waals surface area contributed by atoms with Gasteiger partial charge in [0.1, 0.15) is 6.07 Å². The van der Waals surface area contributed by atoms with Crippen molar-refractivity contribution in [1.29, 1.82) is 5.26 Å². The van der Waals surface area contributed by atoms with Gasteiger partial charge in [0, 0.05) is 18.3 Å². The number of nitriles is 1. The number of nitrogens with zero attached hydrogens (tertiary/aromatic N) is 1. The maximum Gasteiger partial charge on any atom is 0.338 e. The van der Waals surface area contributed by atoms with Crippen LogP contribution in [-0.4, -0.2) is 24.4 Å². The molecule has 26 heavy (non-hydrogen) atoms. The highest BCUT2D eigenvalue weighted by atomic mass is 35.5. The zero-order chi connectivity index (χ0) is 19.1. The second-order valence-corrected chi connectivity index (χ2v) is 5.60. The summed E-state index contributed by atoms with van der Waals surface area (Å²) < 4.78 is 4.93. The molecule has 2 aromatic carbocycles. The Bertz CT molecular complexity index is 888. The van der Waals surface area contributed by atoms with E-state index in [0.717, 1.165) is 0 Å². The van der Waals surface area contributed by atoms with Crippen LogP contribution in [0.25, 0.3) is 0 Å². The van der Waals surface area contributed by atoms with Gasteiger partial charge < -0.3 is 15.4 Å². The molecule has 0 aliphatic rings. The van der Waals surface area contributed by atoms with Gasteiger partial charge in [-0.1, -0.05) is 11.6 Å². The van der Waals surface area contributed by atoms with E-state index in [2.05, 4.69) is 10.6 Å². The summed E-state index contributed by atoms with van der Waals surface area (Å²) in [6, 6.07) is 12.4. The highest BCUT2D eigenvalue weighted by Gasteiger charge is 2.11. The third kappa shape index (κ3) is 5.33. The molecule has 2 rings (SSSR count). The molecule has 0 radical (unpaired) electrons. The lowest BCUT2D eigenvalue weighted by Gasteiger charge is -2.08. The predicted molar refractivity (Wildman–Crippen MR) is 95.8 cm³/mol. The summed E-state index contributed by atoms with van der Waals surface area (Å²) in [7, 11) is 0. The molecule has 2 aromatic rings. The van der Waals surface area contributed by atoms with Gasteiger partial charge >= 0.3 is 5.97 Å². The van der Waals surface area contributed by atoms with E-state index in [9.17, 15) is 14.4 Å². The minimum absolute atomic E-state index is 0.210. The first kappa shape index (κ1) is 19.0. The van der Waals surface area contributed by atoms with Crippen LogP contribution in [0.4, 0.5) is 11.4 Å². The van der Waals surface area contributed by atoms with Crippen molar-refractivity contribution in [2.45, 2.75) is 6.92 Å². The molecule has 0 bridgehead atoms. The molecule has 0 spiro atoms. The molecule has 0 fully saturated rings. The Morgan fingerprint density at radius 2 is 1.73 bits per heavy atom. The number of carbonyl (C=O) groups excluding carboxylic acids is 3. The standard InChI is InChI=1S/C18H14ClN3O4/c1-11(23)21-14-5-2-12(3-6-14)18(25)26-10-17(24)22-15-7-4-13(9-20)16(19)8-15/h2-8H,10H2,1H3,(H,21,23)(H,22,24). The summed E-state index contributed by atoms with van der Waals surface area (Å²) >= 11 is 5.88. The van der Waals surface area contributed by atoms with Gasteiger partial charge in [0.2, 0.25) is 5.91 Å². The van der Waals surface area contributed by atoms with Gasteiger partial charge in [-0.25, -0.2) is 4.79 Å². The summed E-state index contributed by atoms with van der Waals surface area (Å²) in [4.78, 5) is 34.7. The van der Waals surface area contributed by atoms with E-state index >= 15 is 0 Å². The topological polar surface area (TPSA) is 108 Å². The van der Waals surface area contributed by atoms with Gasteiger partial charge in [-0.05, 0) is 42.5 Å². The molecule has 0 saturated heterocycles. The summed E-state index contributed by atoms with van der Waals surface area (Å²) in [5.74, 6) is -1.44. The number of benzene rings is 2. The van der Waals surface area contributed by atoms with E-state index in [-0.39, 0.29) is 16.5 Å². The van der Waals surface area contributed by atoms with Gasteiger partial charge in [0.15, 0.2) is 6.61 Å². The van der Waals surface area contributed by atoms with Crippen molar-refractivity contribution in [3.63, 3.8) is 0 Å². The molecule has 0 saturated carbocycles. The van der Waals surface area contributed by atoms with Crippen LogP contribution in [-0.2, 0) is 14.3 Å². The maximum absolute atomic E-state index is 11.9. The highest BCUT2D eigenvalue weighted by molar-refractivity contribution is 6.32. The minimum atomic E-state index is -0.674. The molecule has 2 amide bonds. The molecule has 132 valence electrons. The molecular formula is C18H14ClN3O4. The van der Waals surface area contributed by atoms with Crippen LogP contribution in [0.3, 0.4) is 0 Å². The third-order valence-corrected chi connectivity index (χ3v) is 3.46. The van der Waals surface area contributed by atoms with Crippen molar-refractivity contribution >= 4 is 40.8 Å². The average Bonchev–Trinajstić information content (AvgIpc) is 2.60. The monoisotopic (exact) mass is 371 g/mol. The molecule has 0 aliphatic heterocycles. The fraction of sp³-hybridized carbons (Fsp3) is 0.111. The van der Waals surface area contributed by atoms with Crippen molar-refractivity contribution in [1.82, 2.24) is 0 Å². The molecule has 7 nitrogen and oxygen atoms in total. The largest absolute Gasteiger partial charge is 0.452 e. The lowest BCUT2D eigenvalue weighted by Crippen LogP contribution is -2.21. The lowest BCUT2D eigenvalue weighted by atomic mass is 10.2. The Labute approximate surface area is 154 Å². The Hall–Kier alpha value is -3.37. The second kappa shape index (κ2) is 8.65. The number of carbonyl (C=O) groups is 3. The van der Waals surface area contributed by atoms with E-state index in [0.29, 0.717) is 16.9 Å². The van der Waals surface area contributed by atoms with Crippen molar-refractivity contribution in [3.05, 3.63) is 58.6 Å². The van der Waals surface area contributed by atoms with Gasteiger partial charge in [0.05, 0.1) is 16.1 Å². The Kier molecular flexibility index (Phi) is 6.31. The zero-order valence-corrected chi connectivity index (χ0v) is 14.5. The molecule has 0 atom stereocenters. The number of amides is 2. The van der Waals surface area contributed by atoms with Crippen LogP contribution in [0, 0.1) is 11.3 Å². The number of hydrogen-bond donors (Lipinski definition) is 2. The Morgan fingerprint density at radius 1 is 1.08 bits per heavy atom. The fourth-order valence-electron chi connectivity index (χ4n) is 1.99. The van der Waals surface area contributed by atoms with Crippen molar-refractivity contribution in [2.75, 3.05) is 17.2 Å². The number of esters is 1. The van der Waals surface area contributed by atoms with Crippen LogP contribution in [0.5, 0.6) is 0 Å². The SMILES string of the molecule is CC(=O)Nc1ccc(C(=O)OCC(=O)Nc2ccc(C#N)c(Cl)c2)cc1. The van der Waals surface area contributed by atoms with Crippen molar-refractivity contribution in [2.24, 2.45) is 0 Å². The Morgan fingerprint density at radius 3 is 2.31 bits per heavy atom. The average molecular weight is 372 g/mol. The summed E-state index contributed by atoms with van der Waals surface area (Å²) in [6.45, 7) is 0.895. The summed E-state index contributed by atoms with van der Waals surface area (Å²) in [5, 5.41) is 14.1. The molecule has 8 heteroatoms. The van der Waals surface area contributed by atoms with Crippen LogP contribution in [0.1, 0.15) is 22.8 Å². The van der Waals surface area contributed by atoms with Crippen LogP contribution in [0.2, 0.25) is 5.02 Å². The Balaban J connectivity index is 1.88. The van der Waals surface area contributed by atoms with E-state index < -0.39 is 18.5 Å². The number of halogens is 1. The van der Waals surface area contributed by atoms with E-state index in [1.54, 1.807) is 12.1 Å². The van der Waals surface area contributed by atoms with Gasteiger partial charge in [-0.3, -0.25) is 9.59 Å². The number of rotatable bonds is 5. The highest BCUT2D eigenvalue weighted by Crippen LogP contribution is 2.20.